The summed E-state index contributed by atoms with van der Waals surface area (Å²) in [6, 6.07) is 16.9. The summed E-state index contributed by atoms with van der Waals surface area (Å²) in [5.41, 5.74) is 2.81. The number of urea groups is 1. The molecule has 7 heteroatoms. The Morgan fingerprint density at radius 2 is 1.69 bits per heavy atom. The van der Waals surface area contributed by atoms with E-state index in [9.17, 15) is 14.4 Å². The van der Waals surface area contributed by atoms with Crippen molar-refractivity contribution >= 4 is 23.5 Å². The molecular weight excluding hydrogens is 404 g/mol. The molecule has 0 bridgehead atoms. The number of nitrogens with zero attached hydrogens (tertiary/aromatic N) is 3. The number of aryl methyl sites for hydroxylation is 1. The summed E-state index contributed by atoms with van der Waals surface area (Å²) in [4.78, 5) is 43.9. The number of anilines is 1. The van der Waals surface area contributed by atoms with Gasteiger partial charge in [-0.15, -0.1) is 0 Å². The third-order valence-corrected chi connectivity index (χ3v) is 5.57. The van der Waals surface area contributed by atoms with E-state index in [-0.39, 0.29) is 37.1 Å². The summed E-state index contributed by atoms with van der Waals surface area (Å²) in [7, 11) is 0. The van der Waals surface area contributed by atoms with Crippen molar-refractivity contribution < 1.29 is 14.4 Å². The Labute approximate surface area is 190 Å². The second-order valence-electron chi connectivity index (χ2n) is 8.50. The highest BCUT2D eigenvalue weighted by atomic mass is 16.2. The predicted molar refractivity (Wildman–Crippen MR) is 125 cm³/mol. The van der Waals surface area contributed by atoms with Gasteiger partial charge < -0.3 is 20.0 Å². The van der Waals surface area contributed by atoms with Crippen LogP contribution >= 0.6 is 0 Å². The first kappa shape index (κ1) is 23.3. The third kappa shape index (κ3) is 6.33. The van der Waals surface area contributed by atoms with Gasteiger partial charge in [-0.05, 0) is 44.9 Å². The fourth-order valence-corrected chi connectivity index (χ4v) is 3.67. The molecule has 0 atom stereocenters. The lowest BCUT2D eigenvalue weighted by atomic mass is 10.1. The number of hydrogen-bond acceptors (Lipinski definition) is 3. The molecule has 1 aliphatic rings. The number of carbonyl (C=O) groups is 3. The SMILES string of the molecule is Cc1ccc(CN2CN(C(=O)Nc3ccccc3)CCCC(=O)N(C(C)C)CC2=O)cc1. The number of rotatable bonds is 4. The van der Waals surface area contributed by atoms with Crippen LogP contribution < -0.4 is 5.32 Å². The molecule has 2 aromatic carbocycles. The highest BCUT2D eigenvalue weighted by Gasteiger charge is 2.28. The van der Waals surface area contributed by atoms with Crippen molar-refractivity contribution in [3.63, 3.8) is 0 Å². The van der Waals surface area contributed by atoms with E-state index < -0.39 is 0 Å². The summed E-state index contributed by atoms with van der Waals surface area (Å²) in [6.45, 7) is 6.77. The maximum atomic E-state index is 13.3. The van der Waals surface area contributed by atoms with Gasteiger partial charge in [-0.1, -0.05) is 48.0 Å². The van der Waals surface area contributed by atoms with Crippen LogP contribution in [0.5, 0.6) is 0 Å². The molecule has 0 unspecified atom stereocenters. The Morgan fingerprint density at radius 3 is 2.34 bits per heavy atom. The Bertz CT molecular complexity index is 928. The summed E-state index contributed by atoms with van der Waals surface area (Å²) in [5.74, 6) is -0.235. The van der Waals surface area contributed by atoms with Gasteiger partial charge in [0, 0.05) is 31.2 Å². The zero-order valence-corrected chi connectivity index (χ0v) is 19.1. The van der Waals surface area contributed by atoms with Gasteiger partial charge in [-0.3, -0.25) is 9.59 Å². The van der Waals surface area contributed by atoms with Gasteiger partial charge in [0.1, 0.15) is 6.54 Å². The first-order chi connectivity index (χ1) is 15.3. The number of hydrogen-bond donors (Lipinski definition) is 1. The lowest BCUT2D eigenvalue weighted by Gasteiger charge is -2.35. The molecule has 0 radical (unpaired) electrons. The molecule has 170 valence electrons. The van der Waals surface area contributed by atoms with Crippen molar-refractivity contribution in [1.82, 2.24) is 14.7 Å². The molecule has 1 saturated heterocycles. The van der Waals surface area contributed by atoms with Crippen molar-refractivity contribution in [1.29, 1.82) is 0 Å². The van der Waals surface area contributed by atoms with Gasteiger partial charge in [0.2, 0.25) is 11.8 Å². The van der Waals surface area contributed by atoms with Crippen molar-refractivity contribution in [3.05, 3.63) is 65.7 Å². The molecule has 7 nitrogen and oxygen atoms in total. The number of para-hydroxylation sites is 1. The average molecular weight is 437 g/mol. The lowest BCUT2D eigenvalue weighted by molar-refractivity contribution is -0.144. The van der Waals surface area contributed by atoms with E-state index in [0.29, 0.717) is 31.6 Å². The van der Waals surface area contributed by atoms with Crippen molar-refractivity contribution in [2.24, 2.45) is 0 Å². The Hall–Kier alpha value is -3.35. The zero-order valence-electron chi connectivity index (χ0n) is 19.1. The number of amides is 4. The van der Waals surface area contributed by atoms with E-state index in [1.807, 2.05) is 75.4 Å². The molecule has 4 amide bonds. The average Bonchev–Trinajstić information content (AvgIpc) is 2.77. The zero-order chi connectivity index (χ0) is 23.1. The highest BCUT2D eigenvalue weighted by Crippen LogP contribution is 2.15. The fraction of sp³-hybridized carbons (Fsp3) is 0.400. The van der Waals surface area contributed by atoms with Crippen LogP contribution in [0.1, 0.15) is 37.8 Å². The normalized spacial score (nSPS) is 15.8. The van der Waals surface area contributed by atoms with E-state index >= 15 is 0 Å². The second kappa shape index (κ2) is 10.8. The van der Waals surface area contributed by atoms with E-state index in [0.717, 1.165) is 11.1 Å². The third-order valence-electron chi connectivity index (χ3n) is 5.57. The van der Waals surface area contributed by atoms with Crippen LogP contribution in [0.2, 0.25) is 0 Å². The summed E-state index contributed by atoms with van der Waals surface area (Å²) in [6.07, 6.45) is 0.843. The van der Waals surface area contributed by atoms with Crippen LogP contribution in [0.15, 0.2) is 54.6 Å². The largest absolute Gasteiger partial charge is 0.331 e. The van der Waals surface area contributed by atoms with Gasteiger partial charge >= 0.3 is 6.03 Å². The Kier molecular flexibility index (Phi) is 7.87. The fourth-order valence-electron chi connectivity index (χ4n) is 3.67. The molecule has 0 spiro atoms. The smallest absolute Gasteiger partial charge is 0.323 e. The van der Waals surface area contributed by atoms with Crippen molar-refractivity contribution in [3.8, 4) is 0 Å². The molecule has 0 saturated carbocycles. The van der Waals surface area contributed by atoms with Crippen molar-refractivity contribution in [2.45, 2.75) is 46.2 Å². The standard InChI is InChI=1S/C25H32N4O3/c1-19(2)29-17-24(31)28(16-21-13-11-20(3)12-14-21)18-27(15-7-10-23(29)30)25(32)26-22-8-5-4-6-9-22/h4-6,8-9,11-14,19H,7,10,15-18H2,1-3H3,(H,26,32). The van der Waals surface area contributed by atoms with E-state index in [4.69, 9.17) is 0 Å². The van der Waals surface area contributed by atoms with Gasteiger partial charge in [0.15, 0.2) is 0 Å². The number of nitrogens with one attached hydrogen (secondary N) is 1. The minimum Gasteiger partial charge on any atom is -0.331 e. The second-order valence-corrected chi connectivity index (χ2v) is 8.50. The lowest BCUT2D eigenvalue weighted by Crippen LogP contribution is -2.51. The molecule has 32 heavy (non-hydrogen) atoms. The predicted octanol–water partition coefficient (Wildman–Crippen LogP) is 3.85. The van der Waals surface area contributed by atoms with Crippen LogP contribution in [-0.4, -0.2) is 58.3 Å². The summed E-state index contributed by atoms with van der Waals surface area (Å²) >= 11 is 0. The van der Waals surface area contributed by atoms with Crippen LogP contribution in [0.4, 0.5) is 10.5 Å². The first-order valence-electron chi connectivity index (χ1n) is 11.1. The monoisotopic (exact) mass is 436 g/mol. The van der Waals surface area contributed by atoms with Crippen LogP contribution in [-0.2, 0) is 16.1 Å². The van der Waals surface area contributed by atoms with E-state index in [1.54, 1.807) is 14.7 Å². The maximum absolute atomic E-state index is 13.3. The van der Waals surface area contributed by atoms with Crippen molar-refractivity contribution in [2.75, 3.05) is 25.1 Å². The van der Waals surface area contributed by atoms with E-state index in [2.05, 4.69) is 5.32 Å². The van der Waals surface area contributed by atoms with Crippen LogP contribution in [0.25, 0.3) is 0 Å². The minimum absolute atomic E-state index is 0.0104. The summed E-state index contributed by atoms with van der Waals surface area (Å²) < 4.78 is 0. The van der Waals surface area contributed by atoms with Crippen LogP contribution in [0.3, 0.4) is 0 Å². The topological polar surface area (TPSA) is 73.0 Å². The van der Waals surface area contributed by atoms with Gasteiger partial charge in [0.05, 0.1) is 6.67 Å². The maximum Gasteiger partial charge on any atom is 0.323 e. The first-order valence-corrected chi connectivity index (χ1v) is 11.1. The molecule has 2 aromatic rings. The number of carbonyl (C=O) groups excluding carboxylic acids is 3. The molecule has 0 aliphatic carbocycles. The molecule has 1 N–H and O–H groups in total. The van der Waals surface area contributed by atoms with Crippen LogP contribution in [0, 0.1) is 6.92 Å². The van der Waals surface area contributed by atoms with Gasteiger partial charge in [-0.2, -0.15) is 0 Å². The molecule has 1 heterocycles. The summed E-state index contributed by atoms with van der Waals surface area (Å²) in [5, 5.41) is 2.89. The quantitative estimate of drug-likeness (QED) is 0.791. The van der Waals surface area contributed by atoms with E-state index in [1.165, 1.54) is 0 Å². The Balaban J connectivity index is 1.83. The molecule has 3 rings (SSSR count). The highest BCUT2D eigenvalue weighted by molar-refractivity contribution is 5.90. The molecule has 0 aromatic heterocycles. The molecule has 1 aliphatic heterocycles. The molecular formula is C25H32N4O3. The van der Waals surface area contributed by atoms with Gasteiger partial charge in [0.25, 0.3) is 0 Å². The number of benzene rings is 2. The minimum atomic E-state index is -0.286. The Morgan fingerprint density at radius 1 is 1.00 bits per heavy atom. The molecule has 1 fully saturated rings. The van der Waals surface area contributed by atoms with Gasteiger partial charge in [-0.25, -0.2) is 4.79 Å².